The fourth-order valence-electron chi connectivity index (χ4n) is 6.03. The predicted octanol–water partition coefficient (Wildman–Crippen LogP) is 7.25. The summed E-state index contributed by atoms with van der Waals surface area (Å²) < 4.78 is 2.43. The lowest BCUT2D eigenvalue weighted by Gasteiger charge is -2.36. The van der Waals surface area contributed by atoms with Gasteiger partial charge in [-0.25, -0.2) is 4.79 Å². The lowest BCUT2D eigenvalue weighted by atomic mass is 9.81. The maximum atomic E-state index is 12.3. The summed E-state index contributed by atoms with van der Waals surface area (Å²) in [6.45, 7) is 16.8. The number of quaternary nitrogens is 1. The van der Waals surface area contributed by atoms with E-state index in [4.69, 9.17) is 15.3 Å². The number of hydrogen-bond donors (Lipinski definition) is 4. The van der Waals surface area contributed by atoms with Crippen molar-refractivity contribution in [2.45, 2.75) is 124 Å². The summed E-state index contributed by atoms with van der Waals surface area (Å²) in [6.07, 6.45) is 12.0. The van der Waals surface area contributed by atoms with Crippen LogP contribution in [0.4, 0.5) is 5.69 Å². The summed E-state index contributed by atoms with van der Waals surface area (Å²) >= 11 is 0. The molecule has 0 radical (unpaired) electrons. The summed E-state index contributed by atoms with van der Waals surface area (Å²) in [6, 6.07) is 7.59. The van der Waals surface area contributed by atoms with Crippen LogP contribution in [0.2, 0.25) is 0 Å². The highest BCUT2D eigenvalue weighted by Crippen LogP contribution is 2.38. The lowest BCUT2D eigenvalue weighted by molar-refractivity contribution is -0.913. The molecule has 48 heavy (non-hydrogen) atoms. The molecule has 2 heterocycles. The van der Waals surface area contributed by atoms with Crippen molar-refractivity contribution in [2.24, 2.45) is 11.0 Å². The molecule has 0 spiro atoms. The smallest absolute Gasteiger partial charge is 0.343 e. The molecule has 1 fully saturated rings. The van der Waals surface area contributed by atoms with Gasteiger partial charge in [-0.2, -0.15) is 9.69 Å². The number of rotatable bonds is 13. The first-order chi connectivity index (χ1) is 22.4. The highest BCUT2D eigenvalue weighted by molar-refractivity contribution is 6.18. The maximum Gasteiger partial charge on any atom is 0.343 e. The van der Waals surface area contributed by atoms with Crippen LogP contribution >= 0.6 is 0 Å². The number of amides is 1. The Morgan fingerprint density at radius 3 is 2.15 bits per heavy atom. The minimum absolute atomic E-state index is 0.0320. The summed E-state index contributed by atoms with van der Waals surface area (Å²) in [7, 11) is 1.93. The van der Waals surface area contributed by atoms with Gasteiger partial charge in [-0.1, -0.05) is 38.2 Å². The molecule has 2 atom stereocenters. The van der Waals surface area contributed by atoms with Crippen molar-refractivity contribution in [3.63, 3.8) is 0 Å². The molecule has 11 nitrogen and oxygen atoms in total. The fourth-order valence-corrected chi connectivity index (χ4v) is 6.03. The van der Waals surface area contributed by atoms with Gasteiger partial charge in [0, 0.05) is 36.0 Å². The summed E-state index contributed by atoms with van der Waals surface area (Å²) in [4.78, 5) is 33.9. The average molecular weight is 666 g/mol. The van der Waals surface area contributed by atoms with Crippen LogP contribution in [0.3, 0.4) is 0 Å². The lowest BCUT2D eigenvalue weighted by Crippen LogP contribution is -2.49. The normalized spacial score (nSPS) is 19.0. The van der Waals surface area contributed by atoms with Gasteiger partial charge < -0.3 is 20.8 Å². The molecule has 1 aromatic heterocycles. The second-order valence-electron chi connectivity index (χ2n) is 14.5. The van der Waals surface area contributed by atoms with Crippen LogP contribution in [-0.4, -0.2) is 67.3 Å². The van der Waals surface area contributed by atoms with Gasteiger partial charge in [0.1, 0.15) is 23.0 Å². The topological polar surface area (TPSA) is 146 Å². The molecule has 1 aromatic carbocycles. The number of hydrogen-bond acceptors (Lipinski definition) is 6. The Labute approximate surface area is 286 Å². The van der Waals surface area contributed by atoms with Crippen molar-refractivity contribution in [3.05, 3.63) is 59.1 Å². The number of carboxylic acid groups (broad SMARTS) is 2. The van der Waals surface area contributed by atoms with E-state index in [9.17, 15) is 14.4 Å². The predicted molar refractivity (Wildman–Crippen MR) is 190 cm³/mol. The number of anilines is 1. The van der Waals surface area contributed by atoms with Crippen molar-refractivity contribution in [1.82, 2.24) is 15.1 Å². The molecule has 2 aliphatic rings. The van der Waals surface area contributed by atoms with Crippen LogP contribution in [0, 0.1) is 12.8 Å². The zero-order valence-corrected chi connectivity index (χ0v) is 30.4. The number of nitrogens with one attached hydrogen (secondary N) is 2. The van der Waals surface area contributed by atoms with Crippen molar-refractivity contribution >= 4 is 29.2 Å². The summed E-state index contributed by atoms with van der Waals surface area (Å²) in [5, 5.41) is 33.4. The van der Waals surface area contributed by atoms with Crippen LogP contribution in [0.1, 0.15) is 127 Å². The third-order valence-corrected chi connectivity index (χ3v) is 10.4. The van der Waals surface area contributed by atoms with Crippen LogP contribution in [0.15, 0.2) is 47.3 Å². The zero-order chi connectivity index (χ0) is 35.9. The Bertz CT molecular complexity index is 1500. The molecule has 4 N–H and O–H groups in total. The first-order valence-electron chi connectivity index (χ1n) is 17.3. The maximum absolute atomic E-state index is 12.3. The highest BCUT2D eigenvalue weighted by atomic mass is 16.4. The Balaban J connectivity index is 0.000000348. The van der Waals surface area contributed by atoms with Gasteiger partial charge in [-0.3, -0.25) is 14.3 Å². The van der Waals surface area contributed by atoms with Gasteiger partial charge in [0.15, 0.2) is 0 Å². The van der Waals surface area contributed by atoms with Gasteiger partial charge in [-0.15, -0.1) is 0 Å². The van der Waals surface area contributed by atoms with Crippen LogP contribution in [-0.2, 0) is 15.1 Å². The molecule has 11 heteroatoms. The van der Waals surface area contributed by atoms with Crippen molar-refractivity contribution < 1.29 is 29.2 Å². The van der Waals surface area contributed by atoms with Crippen molar-refractivity contribution in [1.29, 1.82) is 0 Å². The monoisotopic (exact) mass is 665 g/mol. The molecule has 4 rings (SSSR count). The third-order valence-electron chi connectivity index (χ3n) is 10.4. The number of carbonyl (C=O) groups excluding carboxylic acids is 1. The van der Waals surface area contributed by atoms with Crippen molar-refractivity contribution in [2.75, 3.05) is 18.9 Å². The van der Waals surface area contributed by atoms with E-state index in [1.54, 1.807) is 25.3 Å². The quantitative estimate of drug-likeness (QED) is 0.165. The molecule has 1 amide bonds. The van der Waals surface area contributed by atoms with E-state index >= 15 is 0 Å². The van der Waals surface area contributed by atoms with Crippen molar-refractivity contribution in [3.8, 4) is 0 Å². The molecule has 1 aliphatic heterocycles. The molecule has 2 unspecified atom stereocenters. The van der Waals surface area contributed by atoms with Gasteiger partial charge in [0.2, 0.25) is 0 Å². The highest BCUT2D eigenvalue weighted by Gasteiger charge is 2.44. The van der Waals surface area contributed by atoms with E-state index < -0.39 is 11.9 Å². The number of aryl methyl sites for hydroxylation is 1. The fraction of sp³-hybridized carbons (Fsp3) is 0.595. The Morgan fingerprint density at radius 1 is 1.00 bits per heavy atom. The average Bonchev–Trinajstić information content (AvgIpc) is 3.60. The van der Waals surface area contributed by atoms with Crippen LogP contribution in [0.25, 0.3) is 0 Å². The first kappa shape index (κ1) is 38.5. The number of aliphatic carboxylic acids is 2. The second kappa shape index (κ2) is 15.9. The van der Waals surface area contributed by atoms with Gasteiger partial charge >= 0.3 is 11.9 Å². The minimum atomic E-state index is -0.926. The van der Waals surface area contributed by atoms with Crippen LogP contribution in [0.5, 0.6) is 0 Å². The Kier molecular flexibility index (Phi) is 12.8. The third kappa shape index (κ3) is 9.33. The Morgan fingerprint density at radius 2 is 1.62 bits per heavy atom. The zero-order valence-electron chi connectivity index (χ0n) is 30.4. The molecule has 1 saturated carbocycles. The molecule has 264 valence electrons. The number of aromatic nitrogens is 2. The van der Waals surface area contributed by atoms with E-state index in [2.05, 4.69) is 75.1 Å². The number of benzene rings is 1. The molecule has 0 bridgehead atoms. The molecular weight excluding hydrogens is 608 g/mol. The van der Waals surface area contributed by atoms with Gasteiger partial charge in [0.05, 0.1) is 30.7 Å². The number of carboxylic acids is 2. The van der Waals surface area contributed by atoms with Gasteiger partial charge in [-0.05, 0) is 91.0 Å². The number of carbonyl (C=O) groups is 3. The SMILES string of the molecule is CCC(C)(C)[N+]1(C)C=C(C(=O)O)C(C)=N1.CCC(C)(C)n1cc(C(Nc2ccc(C(=O)NCCC(=O)O)cc2)C2CCCCC2)c(C)n1. The van der Waals surface area contributed by atoms with Crippen LogP contribution < -0.4 is 10.6 Å². The van der Waals surface area contributed by atoms with E-state index in [1.807, 2.05) is 19.2 Å². The molecular formula is C37H57N6O5+. The standard InChI is InChI=1S/C26H38N4O3.C11H18N2O2/c1-5-26(3,4)30-17-22(18(2)29-30)24(19-9-7-6-8-10-19)28-21-13-11-20(12-14-21)25(33)27-16-15-23(31)32;1-6-11(3,4)13(5)7-9(10(14)15)8(2)12-13/h11-14,17,19,24,28H,5-10,15-16H2,1-4H3,(H,27,33)(H,31,32);7H,6H2,1-5H3/p+1. The molecule has 0 saturated heterocycles. The van der Waals surface area contributed by atoms with E-state index in [-0.39, 0.29) is 36.0 Å². The Hall–Kier alpha value is -3.99. The minimum Gasteiger partial charge on any atom is -0.481 e. The second-order valence-corrected chi connectivity index (χ2v) is 14.5. The van der Waals surface area contributed by atoms with E-state index in [0.717, 1.165) is 24.2 Å². The summed E-state index contributed by atoms with van der Waals surface area (Å²) in [5.74, 6) is -1.54. The molecule has 2 aromatic rings. The first-order valence-corrected chi connectivity index (χ1v) is 17.3. The van der Waals surface area contributed by atoms with Gasteiger partial charge in [0.25, 0.3) is 5.91 Å². The number of nitrogens with zero attached hydrogens (tertiary/aromatic N) is 4. The largest absolute Gasteiger partial charge is 0.481 e. The molecule has 1 aliphatic carbocycles. The van der Waals surface area contributed by atoms with E-state index in [0.29, 0.717) is 27.4 Å². The van der Waals surface area contributed by atoms with E-state index in [1.165, 1.54) is 37.7 Å². The summed E-state index contributed by atoms with van der Waals surface area (Å²) in [5.41, 5.74) is 4.61.